The zero-order valence-electron chi connectivity index (χ0n) is 12.6. The second-order valence-electron chi connectivity index (χ2n) is 5.17. The van der Waals surface area contributed by atoms with E-state index in [-0.39, 0.29) is 0 Å². The molecule has 0 aromatic heterocycles. The van der Waals surface area contributed by atoms with Crippen LogP contribution in [0, 0.1) is 6.92 Å². The standard InChI is InChI=1S/C18H22ClNS/c1-3-20-16(12-15-6-4-5-7-18(15)19)13-21-17-10-8-14(2)9-11-17/h4-11,16,20H,3,12-13H2,1-2H3. The van der Waals surface area contributed by atoms with Crippen molar-refractivity contribution in [3.05, 3.63) is 64.7 Å². The minimum absolute atomic E-state index is 0.432. The third-order valence-electron chi connectivity index (χ3n) is 3.39. The highest BCUT2D eigenvalue weighted by Gasteiger charge is 2.11. The van der Waals surface area contributed by atoms with Gasteiger partial charge in [-0.3, -0.25) is 0 Å². The summed E-state index contributed by atoms with van der Waals surface area (Å²) in [6.07, 6.45) is 0.965. The molecule has 112 valence electrons. The average Bonchev–Trinajstić information content (AvgIpc) is 2.49. The maximum Gasteiger partial charge on any atom is 0.0438 e. The van der Waals surface area contributed by atoms with Gasteiger partial charge in [0.05, 0.1) is 0 Å². The molecule has 21 heavy (non-hydrogen) atoms. The Morgan fingerprint density at radius 3 is 2.48 bits per heavy atom. The molecule has 0 bridgehead atoms. The Hall–Kier alpha value is -0.960. The van der Waals surface area contributed by atoms with Crippen LogP contribution in [0.15, 0.2) is 53.4 Å². The van der Waals surface area contributed by atoms with Gasteiger partial charge in [-0.2, -0.15) is 0 Å². The quantitative estimate of drug-likeness (QED) is 0.724. The molecular weight excluding hydrogens is 298 g/mol. The Morgan fingerprint density at radius 1 is 1.10 bits per heavy atom. The molecule has 0 amide bonds. The highest BCUT2D eigenvalue weighted by atomic mass is 35.5. The second-order valence-corrected chi connectivity index (χ2v) is 6.67. The Morgan fingerprint density at radius 2 is 1.81 bits per heavy atom. The van der Waals surface area contributed by atoms with Crippen LogP contribution in [0.1, 0.15) is 18.1 Å². The molecule has 0 fully saturated rings. The smallest absolute Gasteiger partial charge is 0.0438 e. The molecule has 0 aliphatic heterocycles. The molecule has 2 aromatic rings. The second kappa shape index (κ2) is 8.47. The third-order valence-corrected chi connectivity index (χ3v) is 4.93. The van der Waals surface area contributed by atoms with Crippen LogP contribution < -0.4 is 5.32 Å². The van der Waals surface area contributed by atoms with E-state index in [9.17, 15) is 0 Å². The lowest BCUT2D eigenvalue weighted by Gasteiger charge is -2.18. The Labute approximate surface area is 137 Å². The van der Waals surface area contributed by atoms with Crippen molar-refractivity contribution in [3.63, 3.8) is 0 Å². The number of hydrogen-bond donors (Lipinski definition) is 1. The van der Waals surface area contributed by atoms with Crippen molar-refractivity contribution in [3.8, 4) is 0 Å². The van der Waals surface area contributed by atoms with Crippen molar-refractivity contribution in [2.24, 2.45) is 0 Å². The van der Waals surface area contributed by atoms with E-state index in [1.807, 2.05) is 23.9 Å². The van der Waals surface area contributed by atoms with E-state index in [1.54, 1.807) is 0 Å². The zero-order chi connectivity index (χ0) is 15.1. The number of aryl methyl sites for hydroxylation is 1. The summed E-state index contributed by atoms with van der Waals surface area (Å²) in [7, 11) is 0. The number of hydrogen-bond acceptors (Lipinski definition) is 2. The van der Waals surface area contributed by atoms with Gasteiger partial charge in [0, 0.05) is 21.7 Å². The van der Waals surface area contributed by atoms with Crippen molar-refractivity contribution in [2.75, 3.05) is 12.3 Å². The van der Waals surface area contributed by atoms with E-state index in [0.717, 1.165) is 23.7 Å². The van der Waals surface area contributed by atoms with Crippen molar-refractivity contribution >= 4 is 23.4 Å². The lowest BCUT2D eigenvalue weighted by Crippen LogP contribution is -2.33. The van der Waals surface area contributed by atoms with E-state index in [4.69, 9.17) is 11.6 Å². The monoisotopic (exact) mass is 319 g/mol. The maximum atomic E-state index is 6.27. The fourth-order valence-corrected chi connectivity index (χ4v) is 3.41. The molecule has 2 rings (SSSR count). The van der Waals surface area contributed by atoms with Gasteiger partial charge >= 0.3 is 0 Å². The Kier molecular flexibility index (Phi) is 6.62. The van der Waals surface area contributed by atoms with E-state index in [1.165, 1.54) is 16.0 Å². The Balaban J connectivity index is 1.95. The molecule has 0 radical (unpaired) electrons. The van der Waals surface area contributed by atoms with Crippen LogP contribution in [0.3, 0.4) is 0 Å². The summed E-state index contributed by atoms with van der Waals surface area (Å²) in [6.45, 7) is 5.24. The highest BCUT2D eigenvalue weighted by molar-refractivity contribution is 7.99. The van der Waals surface area contributed by atoms with Gasteiger partial charge in [0.25, 0.3) is 0 Å². The maximum absolute atomic E-state index is 6.27. The summed E-state index contributed by atoms with van der Waals surface area (Å²) < 4.78 is 0. The first-order valence-electron chi connectivity index (χ1n) is 7.35. The van der Waals surface area contributed by atoms with Gasteiger partial charge < -0.3 is 5.32 Å². The largest absolute Gasteiger partial charge is 0.313 e. The van der Waals surface area contributed by atoms with E-state index >= 15 is 0 Å². The molecule has 3 heteroatoms. The fourth-order valence-electron chi connectivity index (χ4n) is 2.24. The SMILES string of the molecule is CCNC(CSc1ccc(C)cc1)Cc1ccccc1Cl. The van der Waals surface area contributed by atoms with Gasteiger partial charge in [-0.05, 0) is 43.7 Å². The van der Waals surface area contributed by atoms with Gasteiger partial charge in [0.2, 0.25) is 0 Å². The number of nitrogens with one attached hydrogen (secondary N) is 1. The molecule has 1 unspecified atom stereocenters. The van der Waals surface area contributed by atoms with Gasteiger partial charge in [0.1, 0.15) is 0 Å². The van der Waals surface area contributed by atoms with E-state index in [0.29, 0.717) is 6.04 Å². The summed E-state index contributed by atoms with van der Waals surface area (Å²) >= 11 is 8.17. The molecule has 0 heterocycles. The van der Waals surface area contributed by atoms with E-state index in [2.05, 4.69) is 55.6 Å². The number of halogens is 1. The minimum Gasteiger partial charge on any atom is -0.313 e. The molecular formula is C18H22ClNS. The lowest BCUT2D eigenvalue weighted by molar-refractivity contribution is 0.573. The topological polar surface area (TPSA) is 12.0 Å². The fraction of sp³-hybridized carbons (Fsp3) is 0.333. The first-order chi connectivity index (χ1) is 10.2. The summed E-state index contributed by atoms with van der Waals surface area (Å²) in [5.41, 5.74) is 2.52. The van der Waals surface area contributed by atoms with Gasteiger partial charge in [-0.15, -0.1) is 11.8 Å². The van der Waals surface area contributed by atoms with Crippen LogP contribution >= 0.6 is 23.4 Å². The van der Waals surface area contributed by atoms with Crippen LogP contribution in [-0.4, -0.2) is 18.3 Å². The Bertz CT molecular complexity index is 553. The van der Waals surface area contributed by atoms with Crippen molar-refractivity contribution in [1.82, 2.24) is 5.32 Å². The third kappa shape index (κ3) is 5.39. The average molecular weight is 320 g/mol. The van der Waals surface area contributed by atoms with Crippen LogP contribution in [-0.2, 0) is 6.42 Å². The van der Waals surface area contributed by atoms with Gasteiger partial charge in [-0.25, -0.2) is 0 Å². The first-order valence-corrected chi connectivity index (χ1v) is 8.71. The van der Waals surface area contributed by atoms with Crippen molar-refractivity contribution in [1.29, 1.82) is 0 Å². The van der Waals surface area contributed by atoms with Crippen LogP contribution in [0.2, 0.25) is 5.02 Å². The summed E-state index contributed by atoms with van der Waals surface area (Å²) in [6, 6.07) is 17.3. The molecule has 0 saturated heterocycles. The van der Waals surface area contributed by atoms with Crippen molar-refractivity contribution < 1.29 is 0 Å². The van der Waals surface area contributed by atoms with Gasteiger partial charge in [-0.1, -0.05) is 54.4 Å². The number of benzene rings is 2. The number of thioether (sulfide) groups is 1. The molecule has 0 aliphatic carbocycles. The lowest BCUT2D eigenvalue weighted by atomic mass is 10.1. The van der Waals surface area contributed by atoms with Crippen LogP contribution in [0.25, 0.3) is 0 Å². The van der Waals surface area contributed by atoms with Crippen LogP contribution in [0.4, 0.5) is 0 Å². The minimum atomic E-state index is 0.432. The predicted octanol–water partition coefficient (Wildman–Crippen LogP) is 4.96. The highest BCUT2D eigenvalue weighted by Crippen LogP contribution is 2.22. The number of likely N-dealkylation sites (N-methyl/N-ethyl adjacent to an activating group) is 1. The number of rotatable bonds is 7. The molecule has 2 aromatic carbocycles. The predicted molar refractivity (Wildman–Crippen MR) is 94.5 cm³/mol. The molecule has 0 aliphatic rings. The molecule has 0 spiro atoms. The van der Waals surface area contributed by atoms with E-state index < -0.39 is 0 Å². The normalized spacial score (nSPS) is 12.3. The van der Waals surface area contributed by atoms with Crippen molar-refractivity contribution in [2.45, 2.75) is 31.2 Å². The summed E-state index contributed by atoms with van der Waals surface area (Å²) in [4.78, 5) is 1.32. The molecule has 0 saturated carbocycles. The first kappa shape index (κ1) is 16.4. The zero-order valence-corrected chi connectivity index (χ0v) is 14.2. The molecule has 1 N–H and O–H groups in total. The molecule has 1 atom stereocenters. The van der Waals surface area contributed by atoms with Gasteiger partial charge in [0.15, 0.2) is 0 Å². The van der Waals surface area contributed by atoms with Crippen LogP contribution in [0.5, 0.6) is 0 Å². The summed E-state index contributed by atoms with van der Waals surface area (Å²) in [5.74, 6) is 1.04. The molecule has 1 nitrogen and oxygen atoms in total. The summed E-state index contributed by atoms with van der Waals surface area (Å²) in [5, 5.41) is 4.42.